The quantitative estimate of drug-likeness (QED) is 0.808. The van der Waals surface area contributed by atoms with E-state index < -0.39 is 0 Å². The van der Waals surface area contributed by atoms with Gasteiger partial charge in [-0.2, -0.15) is 11.8 Å². The molecule has 1 aromatic carbocycles. The standard InChI is InChI=1S/C13H19FN2S/c1-2-17-13-5-3-4-11(13)16-12-8-9(14)6-7-10(12)15/h6-8,11,13,16H,2-5,15H2,1H3. The molecule has 17 heavy (non-hydrogen) atoms. The monoisotopic (exact) mass is 254 g/mol. The molecule has 2 atom stereocenters. The van der Waals surface area contributed by atoms with E-state index in [1.54, 1.807) is 6.07 Å². The third-order valence-electron chi connectivity index (χ3n) is 3.19. The number of nitrogen functional groups attached to an aromatic ring is 1. The van der Waals surface area contributed by atoms with Gasteiger partial charge in [-0.25, -0.2) is 4.39 Å². The number of halogens is 1. The molecule has 0 saturated heterocycles. The van der Waals surface area contributed by atoms with E-state index in [0.29, 0.717) is 17.0 Å². The molecule has 0 radical (unpaired) electrons. The van der Waals surface area contributed by atoms with E-state index in [-0.39, 0.29) is 5.82 Å². The molecule has 3 N–H and O–H groups in total. The Balaban J connectivity index is 2.06. The van der Waals surface area contributed by atoms with Crippen LogP contribution in [0.15, 0.2) is 18.2 Å². The first-order chi connectivity index (χ1) is 8.20. The second-order valence-corrected chi connectivity index (χ2v) is 5.92. The Morgan fingerprint density at radius 2 is 2.29 bits per heavy atom. The molecule has 2 nitrogen and oxygen atoms in total. The van der Waals surface area contributed by atoms with Crippen LogP contribution in [0.4, 0.5) is 15.8 Å². The fraction of sp³-hybridized carbons (Fsp3) is 0.538. The fourth-order valence-corrected chi connectivity index (χ4v) is 3.56. The molecular formula is C13H19FN2S. The van der Waals surface area contributed by atoms with E-state index in [0.717, 1.165) is 17.9 Å². The Bertz CT molecular complexity index is 384. The number of nitrogens with two attached hydrogens (primary N) is 1. The number of thioether (sulfide) groups is 1. The van der Waals surface area contributed by atoms with E-state index in [9.17, 15) is 4.39 Å². The number of rotatable bonds is 4. The Labute approximate surface area is 106 Å². The molecule has 2 rings (SSSR count). The van der Waals surface area contributed by atoms with Crippen LogP contribution in [0.2, 0.25) is 0 Å². The minimum absolute atomic E-state index is 0.237. The summed E-state index contributed by atoms with van der Waals surface area (Å²) in [6, 6.07) is 4.92. The highest BCUT2D eigenvalue weighted by Gasteiger charge is 2.27. The van der Waals surface area contributed by atoms with Gasteiger partial charge in [-0.05, 0) is 36.8 Å². The van der Waals surface area contributed by atoms with Crippen molar-refractivity contribution in [3.63, 3.8) is 0 Å². The molecule has 1 aromatic rings. The van der Waals surface area contributed by atoms with Crippen molar-refractivity contribution in [2.45, 2.75) is 37.5 Å². The van der Waals surface area contributed by atoms with Crippen molar-refractivity contribution >= 4 is 23.1 Å². The lowest BCUT2D eigenvalue weighted by atomic mass is 10.2. The van der Waals surface area contributed by atoms with Crippen LogP contribution in [0.25, 0.3) is 0 Å². The van der Waals surface area contributed by atoms with Gasteiger partial charge < -0.3 is 11.1 Å². The number of hydrogen-bond donors (Lipinski definition) is 2. The van der Waals surface area contributed by atoms with E-state index in [4.69, 9.17) is 5.73 Å². The van der Waals surface area contributed by atoms with E-state index in [2.05, 4.69) is 12.2 Å². The van der Waals surface area contributed by atoms with Crippen LogP contribution in [0.5, 0.6) is 0 Å². The normalized spacial score (nSPS) is 23.9. The SMILES string of the molecule is CCSC1CCCC1Nc1cc(F)ccc1N. The number of hydrogen-bond acceptors (Lipinski definition) is 3. The first-order valence-electron chi connectivity index (χ1n) is 6.14. The molecule has 0 aliphatic heterocycles. The topological polar surface area (TPSA) is 38.0 Å². The second kappa shape index (κ2) is 5.63. The largest absolute Gasteiger partial charge is 0.397 e. The molecule has 2 unspecified atom stereocenters. The summed E-state index contributed by atoms with van der Waals surface area (Å²) in [6.07, 6.45) is 3.63. The first kappa shape index (κ1) is 12.6. The third kappa shape index (κ3) is 3.06. The summed E-state index contributed by atoms with van der Waals surface area (Å²) in [7, 11) is 0. The maximum atomic E-state index is 13.2. The summed E-state index contributed by atoms with van der Waals surface area (Å²) in [4.78, 5) is 0. The van der Waals surface area contributed by atoms with Gasteiger partial charge in [0.15, 0.2) is 0 Å². The Hall–Kier alpha value is -0.900. The average molecular weight is 254 g/mol. The summed E-state index contributed by atoms with van der Waals surface area (Å²) in [6.45, 7) is 2.18. The molecule has 1 aliphatic carbocycles. The summed E-state index contributed by atoms with van der Waals surface area (Å²) in [5.74, 6) is 0.890. The average Bonchev–Trinajstić information content (AvgIpc) is 2.72. The zero-order chi connectivity index (χ0) is 12.3. The van der Waals surface area contributed by atoms with Crippen molar-refractivity contribution in [2.24, 2.45) is 0 Å². The molecular weight excluding hydrogens is 235 g/mol. The maximum absolute atomic E-state index is 13.2. The molecule has 1 fully saturated rings. The number of anilines is 2. The van der Waals surface area contributed by atoms with Gasteiger partial charge in [-0.3, -0.25) is 0 Å². The van der Waals surface area contributed by atoms with Crippen molar-refractivity contribution < 1.29 is 4.39 Å². The zero-order valence-electron chi connectivity index (χ0n) is 10.1. The molecule has 1 saturated carbocycles. The zero-order valence-corrected chi connectivity index (χ0v) is 10.9. The summed E-state index contributed by atoms with van der Waals surface area (Å²) in [5.41, 5.74) is 7.21. The maximum Gasteiger partial charge on any atom is 0.125 e. The van der Waals surface area contributed by atoms with Crippen LogP contribution < -0.4 is 11.1 Å². The lowest BCUT2D eigenvalue weighted by Gasteiger charge is -2.22. The molecule has 0 amide bonds. The Kier molecular flexibility index (Phi) is 4.15. The Morgan fingerprint density at radius 1 is 1.47 bits per heavy atom. The minimum Gasteiger partial charge on any atom is -0.397 e. The molecule has 94 valence electrons. The van der Waals surface area contributed by atoms with Crippen LogP contribution in [0.3, 0.4) is 0 Å². The van der Waals surface area contributed by atoms with Gasteiger partial charge in [0.1, 0.15) is 5.82 Å². The molecule has 1 aliphatic rings. The summed E-state index contributed by atoms with van der Waals surface area (Å²) >= 11 is 1.98. The molecule has 0 heterocycles. The molecule has 4 heteroatoms. The van der Waals surface area contributed by atoms with Gasteiger partial charge in [-0.1, -0.05) is 13.3 Å². The van der Waals surface area contributed by atoms with Gasteiger partial charge in [0.2, 0.25) is 0 Å². The minimum atomic E-state index is -0.237. The van der Waals surface area contributed by atoms with Gasteiger partial charge in [-0.15, -0.1) is 0 Å². The number of nitrogens with one attached hydrogen (secondary N) is 1. The van der Waals surface area contributed by atoms with Gasteiger partial charge in [0, 0.05) is 11.3 Å². The highest BCUT2D eigenvalue weighted by atomic mass is 32.2. The lowest BCUT2D eigenvalue weighted by Crippen LogP contribution is -2.26. The van der Waals surface area contributed by atoms with E-state index in [1.165, 1.54) is 25.0 Å². The van der Waals surface area contributed by atoms with Crippen molar-refractivity contribution in [2.75, 3.05) is 16.8 Å². The van der Waals surface area contributed by atoms with Gasteiger partial charge >= 0.3 is 0 Å². The molecule has 0 spiro atoms. The van der Waals surface area contributed by atoms with Crippen LogP contribution >= 0.6 is 11.8 Å². The van der Waals surface area contributed by atoms with Crippen LogP contribution in [-0.4, -0.2) is 17.0 Å². The number of benzene rings is 1. The Morgan fingerprint density at radius 3 is 3.06 bits per heavy atom. The van der Waals surface area contributed by atoms with Crippen molar-refractivity contribution in [3.8, 4) is 0 Å². The lowest BCUT2D eigenvalue weighted by molar-refractivity contribution is 0.628. The first-order valence-corrected chi connectivity index (χ1v) is 7.18. The van der Waals surface area contributed by atoms with Gasteiger partial charge in [0.25, 0.3) is 0 Å². The van der Waals surface area contributed by atoms with Crippen LogP contribution in [-0.2, 0) is 0 Å². The highest BCUT2D eigenvalue weighted by molar-refractivity contribution is 7.99. The van der Waals surface area contributed by atoms with Crippen molar-refractivity contribution in [1.82, 2.24) is 0 Å². The van der Waals surface area contributed by atoms with Crippen LogP contribution in [0.1, 0.15) is 26.2 Å². The van der Waals surface area contributed by atoms with E-state index in [1.807, 2.05) is 11.8 Å². The van der Waals surface area contributed by atoms with Gasteiger partial charge in [0.05, 0.1) is 11.4 Å². The molecule has 0 bridgehead atoms. The second-order valence-electron chi connectivity index (χ2n) is 4.41. The third-order valence-corrected chi connectivity index (χ3v) is 4.52. The fourth-order valence-electron chi connectivity index (χ4n) is 2.36. The van der Waals surface area contributed by atoms with Crippen molar-refractivity contribution in [1.29, 1.82) is 0 Å². The highest BCUT2D eigenvalue weighted by Crippen LogP contribution is 2.33. The van der Waals surface area contributed by atoms with E-state index >= 15 is 0 Å². The predicted octanol–water partition coefficient (Wildman–Crippen LogP) is 3.49. The van der Waals surface area contributed by atoms with Crippen LogP contribution in [0, 0.1) is 5.82 Å². The van der Waals surface area contributed by atoms with Crippen molar-refractivity contribution in [3.05, 3.63) is 24.0 Å². The summed E-state index contributed by atoms with van der Waals surface area (Å²) < 4.78 is 13.2. The smallest absolute Gasteiger partial charge is 0.125 e. The summed E-state index contributed by atoms with van der Waals surface area (Å²) in [5, 5.41) is 4.03. The predicted molar refractivity (Wildman–Crippen MR) is 74.0 cm³/mol. The molecule has 0 aromatic heterocycles.